The van der Waals surface area contributed by atoms with Gasteiger partial charge in [0.25, 0.3) is 0 Å². The molecular formula is C26H24FN5OS. The fourth-order valence-electron chi connectivity index (χ4n) is 4.00. The topological polar surface area (TPSA) is 67.8 Å². The minimum absolute atomic E-state index is 0.219. The first-order valence-corrected chi connectivity index (χ1v) is 12.1. The lowest BCUT2D eigenvalue weighted by molar-refractivity contribution is 0.417. The summed E-state index contributed by atoms with van der Waals surface area (Å²) in [5.74, 6) is 0.575. The summed E-state index contributed by atoms with van der Waals surface area (Å²) in [7, 11) is 1.67. The number of halogens is 1. The molecule has 3 heterocycles. The number of fused-ring (bicyclic) bond motifs is 1. The molecule has 2 N–H and O–H groups in total. The van der Waals surface area contributed by atoms with Gasteiger partial charge in [0.2, 0.25) is 0 Å². The molecule has 6 nitrogen and oxygen atoms in total. The fraction of sp³-hybridized carbons (Fsp3) is 0.154. The lowest BCUT2D eigenvalue weighted by atomic mass is 10.0. The molecule has 34 heavy (non-hydrogen) atoms. The van der Waals surface area contributed by atoms with Gasteiger partial charge in [-0.2, -0.15) is 5.10 Å². The summed E-state index contributed by atoms with van der Waals surface area (Å²) in [5.41, 5.74) is 6.96. The Kier molecular flexibility index (Phi) is 6.22. The number of ether oxygens (including phenoxy) is 1. The summed E-state index contributed by atoms with van der Waals surface area (Å²) >= 11 is 1.52. The summed E-state index contributed by atoms with van der Waals surface area (Å²) < 4.78 is 23.8. The Bertz CT molecular complexity index is 1430. The number of hydrogen-bond acceptors (Lipinski definition) is 5. The van der Waals surface area contributed by atoms with Crippen LogP contribution in [0.3, 0.4) is 0 Å². The molecular weight excluding hydrogens is 449 g/mol. The number of methoxy groups -OCH3 is 1. The molecule has 3 aromatic heterocycles. The highest BCUT2D eigenvalue weighted by atomic mass is 32.2. The van der Waals surface area contributed by atoms with Gasteiger partial charge in [-0.05, 0) is 47.9 Å². The van der Waals surface area contributed by atoms with E-state index < -0.39 is 0 Å². The van der Waals surface area contributed by atoms with Crippen molar-refractivity contribution < 1.29 is 9.13 Å². The number of nitrogens with one attached hydrogen (secondary N) is 2. The second-order valence-electron chi connectivity index (χ2n) is 7.91. The molecule has 0 aliphatic rings. The van der Waals surface area contributed by atoms with Gasteiger partial charge in [0.05, 0.1) is 19.0 Å². The van der Waals surface area contributed by atoms with Gasteiger partial charge in [-0.25, -0.2) is 9.37 Å². The second-order valence-corrected chi connectivity index (χ2v) is 8.52. The molecule has 0 aliphatic heterocycles. The monoisotopic (exact) mass is 473 g/mol. The molecule has 0 radical (unpaired) electrons. The number of hydrogen-bond donors (Lipinski definition) is 2. The lowest BCUT2D eigenvalue weighted by Gasteiger charge is -2.11. The Balaban J connectivity index is 1.42. The Labute approximate surface area is 201 Å². The number of anilines is 1. The van der Waals surface area contributed by atoms with Crippen molar-refractivity contribution in [3.8, 4) is 28.0 Å². The standard InChI is InChI=1S/C26H24FN5OS/c1-33-25-8-5-18(12-24(25)31-34-2)19-11-22-23(15-29-26(22)28-13-19)20-14-30-32(16-20)10-9-17-3-6-21(27)7-4-17/h3-8,11-16,31H,9-10H2,1-2H3,(H,28,29). The third-order valence-electron chi connectivity index (χ3n) is 5.76. The molecule has 5 aromatic rings. The van der Waals surface area contributed by atoms with Crippen LogP contribution in [0.25, 0.3) is 33.3 Å². The van der Waals surface area contributed by atoms with E-state index in [-0.39, 0.29) is 5.82 Å². The third kappa shape index (κ3) is 4.49. The van der Waals surface area contributed by atoms with Gasteiger partial charge >= 0.3 is 0 Å². The van der Waals surface area contributed by atoms with Gasteiger partial charge in [0.1, 0.15) is 17.2 Å². The summed E-state index contributed by atoms with van der Waals surface area (Å²) in [6.45, 7) is 0.717. The molecule has 0 unspecified atom stereocenters. The molecule has 0 bridgehead atoms. The zero-order chi connectivity index (χ0) is 23.5. The number of aryl methyl sites for hydroxylation is 2. The van der Waals surface area contributed by atoms with Crippen molar-refractivity contribution in [3.05, 3.63) is 84.7 Å². The van der Waals surface area contributed by atoms with Gasteiger partial charge in [-0.3, -0.25) is 4.68 Å². The van der Waals surface area contributed by atoms with E-state index in [1.165, 1.54) is 24.1 Å². The number of benzene rings is 2. The molecule has 0 atom stereocenters. The van der Waals surface area contributed by atoms with Crippen LogP contribution in [0.1, 0.15) is 5.56 Å². The van der Waals surface area contributed by atoms with Gasteiger partial charge in [-0.15, -0.1) is 0 Å². The average Bonchev–Trinajstić information content (AvgIpc) is 3.50. The molecule has 0 saturated heterocycles. The average molecular weight is 474 g/mol. The minimum atomic E-state index is -0.219. The van der Waals surface area contributed by atoms with Crippen molar-refractivity contribution >= 4 is 28.7 Å². The van der Waals surface area contributed by atoms with E-state index in [9.17, 15) is 4.39 Å². The van der Waals surface area contributed by atoms with Crippen molar-refractivity contribution in [2.24, 2.45) is 0 Å². The number of rotatable bonds is 8. The normalized spacial score (nSPS) is 11.1. The summed E-state index contributed by atoms with van der Waals surface area (Å²) in [6.07, 6.45) is 10.5. The Morgan fingerprint density at radius 1 is 1.06 bits per heavy atom. The number of aromatic nitrogens is 4. The van der Waals surface area contributed by atoms with E-state index in [4.69, 9.17) is 4.74 Å². The first-order chi connectivity index (χ1) is 16.6. The molecule has 0 spiro atoms. The highest BCUT2D eigenvalue weighted by molar-refractivity contribution is 7.99. The zero-order valence-corrected chi connectivity index (χ0v) is 19.7. The van der Waals surface area contributed by atoms with E-state index in [1.807, 2.05) is 60.0 Å². The minimum Gasteiger partial charge on any atom is -0.495 e. The Morgan fingerprint density at radius 3 is 2.71 bits per heavy atom. The molecule has 0 fully saturated rings. The van der Waals surface area contributed by atoms with E-state index in [0.717, 1.165) is 56.7 Å². The molecule has 0 saturated carbocycles. The number of nitrogens with zero attached hydrogens (tertiary/aromatic N) is 3. The van der Waals surface area contributed by atoms with Crippen molar-refractivity contribution in [1.29, 1.82) is 0 Å². The van der Waals surface area contributed by atoms with E-state index in [2.05, 4.69) is 31.9 Å². The first kappa shape index (κ1) is 22.0. The Morgan fingerprint density at radius 2 is 1.91 bits per heavy atom. The SMILES string of the molecule is COc1ccc(-c2cnc3[nH]cc(-c4cnn(CCc5ccc(F)cc5)c4)c3c2)cc1NSC. The maximum absolute atomic E-state index is 13.1. The predicted molar refractivity (Wildman–Crippen MR) is 137 cm³/mol. The van der Waals surface area contributed by atoms with Crippen LogP contribution in [0.4, 0.5) is 10.1 Å². The quantitative estimate of drug-likeness (QED) is 0.264. The van der Waals surface area contributed by atoms with Crippen molar-refractivity contribution in [2.75, 3.05) is 18.1 Å². The smallest absolute Gasteiger partial charge is 0.142 e. The number of aromatic amines is 1. The molecule has 8 heteroatoms. The van der Waals surface area contributed by atoms with Crippen LogP contribution in [0, 0.1) is 5.82 Å². The largest absolute Gasteiger partial charge is 0.495 e. The summed E-state index contributed by atoms with van der Waals surface area (Å²) in [4.78, 5) is 7.91. The summed E-state index contributed by atoms with van der Waals surface area (Å²) in [5, 5.41) is 5.56. The van der Waals surface area contributed by atoms with Crippen molar-refractivity contribution in [2.45, 2.75) is 13.0 Å². The molecule has 2 aromatic carbocycles. The van der Waals surface area contributed by atoms with E-state index in [1.54, 1.807) is 7.11 Å². The van der Waals surface area contributed by atoms with Crippen LogP contribution in [0.5, 0.6) is 5.75 Å². The fourth-order valence-corrected chi connectivity index (χ4v) is 4.38. The lowest BCUT2D eigenvalue weighted by Crippen LogP contribution is -2.01. The van der Waals surface area contributed by atoms with Crippen LogP contribution in [-0.4, -0.2) is 33.1 Å². The molecule has 5 rings (SSSR count). The van der Waals surface area contributed by atoms with Crippen LogP contribution in [0.2, 0.25) is 0 Å². The zero-order valence-electron chi connectivity index (χ0n) is 18.9. The van der Waals surface area contributed by atoms with Crippen LogP contribution in [0.15, 0.2) is 73.3 Å². The maximum atomic E-state index is 13.1. The van der Waals surface area contributed by atoms with E-state index in [0.29, 0.717) is 6.54 Å². The number of H-pyrrole nitrogens is 1. The van der Waals surface area contributed by atoms with Crippen LogP contribution >= 0.6 is 11.9 Å². The van der Waals surface area contributed by atoms with E-state index >= 15 is 0 Å². The van der Waals surface area contributed by atoms with Gasteiger partial charge in [-0.1, -0.05) is 30.1 Å². The maximum Gasteiger partial charge on any atom is 0.142 e. The Hall–Kier alpha value is -3.78. The van der Waals surface area contributed by atoms with Gasteiger partial charge in [0.15, 0.2) is 0 Å². The predicted octanol–water partition coefficient (Wildman–Crippen LogP) is 6.17. The third-order valence-corrected chi connectivity index (χ3v) is 6.19. The molecule has 0 amide bonds. The van der Waals surface area contributed by atoms with Crippen molar-refractivity contribution in [3.63, 3.8) is 0 Å². The summed E-state index contributed by atoms with van der Waals surface area (Å²) in [6, 6.07) is 14.8. The van der Waals surface area contributed by atoms with Crippen molar-refractivity contribution in [1.82, 2.24) is 19.7 Å². The highest BCUT2D eigenvalue weighted by Crippen LogP contribution is 2.34. The first-order valence-electron chi connectivity index (χ1n) is 10.9. The molecule has 172 valence electrons. The van der Waals surface area contributed by atoms with Gasteiger partial charge in [0, 0.05) is 53.5 Å². The number of pyridine rings is 1. The second kappa shape index (κ2) is 9.61. The van der Waals surface area contributed by atoms with Crippen LogP contribution in [-0.2, 0) is 13.0 Å². The highest BCUT2D eigenvalue weighted by Gasteiger charge is 2.12. The van der Waals surface area contributed by atoms with Crippen LogP contribution < -0.4 is 9.46 Å². The van der Waals surface area contributed by atoms with Gasteiger partial charge < -0.3 is 14.4 Å². The molecule has 0 aliphatic carbocycles.